The molecule has 0 fully saturated rings. The fraction of sp³-hybridized carbons (Fsp3) is 0.111. The third-order valence-corrected chi connectivity index (χ3v) is 5.12. The van der Waals surface area contributed by atoms with Crippen LogP contribution in [0.15, 0.2) is 36.8 Å². The Labute approximate surface area is 168 Å². The molecule has 5 rings (SSSR count). The zero-order valence-electron chi connectivity index (χ0n) is 14.2. The van der Waals surface area contributed by atoms with Gasteiger partial charge in [0.15, 0.2) is 22.6 Å². The molecule has 0 aliphatic carbocycles. The number of H-pyrrole nitrogens is 1. The first kappa shape index (κ1) is 17.0. The number of imidazole rings is 1. The van der Waals surface area contributed by atoms with Crippen molar-refractivity contribution < 1.29 is 9.47 Å². The molecule has 0 unspecified atom stereocenters. The van der Waals surface area contributed by atoms with E-state index in [9.17, 15) is 0 Å². The Hall–Kier alpha value is -3.10. The summed E-state index contributed by atoms with van der Waals surface area (Å²) in [5.74, 6) is 1.94. The summed E-state index contributed by atoms with van der Waals surface area (Å²) in [6.45, 7) is 0.521. The van der Waals surface area contributed by atoms with Crippen LogP contribution in [0.1, 0.15) is 5.56 Å². The van der Waals surface area contributed by atoms with Crippen molar-refractivity contribution in [1.29, 1.82) is 5.41 Å². The Balaban J connectivity index is 1.62. The van der Waals surface area contributed by atoms with Crippen LogP contribution in [0.2, 0.25) is 10.2 Å². The first-order chi connectivity index (χ1) is 13.6. The lowest BCUT2D eigenvalue weighted by atomic mass is 10.2. The topological polar surface area (TPSA) is 102 Å². The van der Waals surface area contributed by atoms with Crippen LogP contribution >= 0.6 is 23.2 Å². The molecular weight excluding hydrogens is 403 g/mol. The molecule has 0 saturated heterocycles. The molecular formula is C18H12Cl2N6O2. The predicted molar refractivity (Wildman–Crippen MR) is 103 cm³/mol. The van der Waals surface area contributed by atoms with Crippen molar-refractivity contribution in [2.24, 2.45) is 0 Å². The van der Waals surface area contributed by atoms with E-state index in [4.69, 9.17) is 38.1 Å². The number of pyridine rings is 1. The van der Waals surface area contributed by atoms with E-state index in [0.717, 1.165) is 5.56 Å². The van der Waals surface area contributed by atoms with E-state index in [1.54, 1.807) is 16.8 Å². The molecule has 0 amide bonds. The van der Waals surface area contributed by atoms with Crippen molar-refractivity contribution in [1.82, 2.24) is 24.5 Å². The molecule has 28 heavy (non-hydrogen) atoms. The third-order valence-electron chi connectivity index (χ3n) is 4.44. The lowest BCUT2D eigenvalue weighted by molar-refractivity contribution is 0.174. The van der Waals surface area contributed by atoms with Gasteiger partial charge in [-0.05, 0) is 24.3 Å². The Bertz CT molecular complexity index is 1260. The second-order valence-corrected chi connectivity index (χ2v) is 6.90. The highest BCUT2D eigenvalue weighted by atomic mass is 35.5. The van der Waals surface area contributed by atoms with Gasteiger partial charge < -0.3 is 19.0 Å². The minimum absolute atomic E-state index is 0.0918. The highest BCUT2D eigenvalue weighted by molar-refractivity contribution is 6.35. The lowest BCUT2D eigenvalue weighted by Crippen LogP contribution is -2.13. The van der Waals surface area contributed by atoms with E-state index in [1.165, 1.54) is 6.33 Å². The summed E-state index contributed by atoms with van der Waals surface area (Å²) >= 11 is 12.5. The van der Waals surface area contributed by atoms with E-state index >= 15 is 0 Å². The van der Waals surface area contributed by atoms with Gasteiger partial charge in [-0.3, -0.25) is 5.41 Å². The van der Waals surface area contributed by atoms with Gasteiger partial charge in [-0.2, -0.15) is 0 Å². The predicted octanol–water partition coefficient (Wildman–Crippen LogP) is 3.38. The zero-order valence-corrected chi connectivity index (χ0v) is 15.8. The molecule has 140 valence electrons. The summed E-state index contributed by atoms with van der Waals surface area (Å²) in [6, 6.07) is 7.22. The maximum absolute atomic E-state index is 8.12. The second kappa shape index (κ2) is 6.50. The highest BCUT2D eigenvalue weighted by Gasteiger charge is 2.17. The number of ether oxygens (including phenoxy) is 2. The minimum atomic E-state index is 0.0918. The van der Waals surface area contributed by atoms with Gasteiger partial charge in [-0.25, -0.2) is 15.0 Å². The number of nitrogens with one attached hydrogen (secondary N) is 2. The number of fused-ring (bicyclic) bond motifs is 2. The van der Waals surface area contributed by atoms with E-state index in [-0.39, 0.29) is 12.3 Å². The van der Waals surface area contributed by atoms with Crippen molar-refractivity contribution in [3.05, 3.63) is 58.0 Å². The number of halogens is 2. The summed E-state index contributed by atoms with van der Waals surface area (Å²) in [5.41, 5.74) is 2.62. The van der Waals surface area contributed by atoms with Gasteiger partial charge in [0.1, 0.15) is 16.5 Å². The molecule has 1 aromatic carbocycles. The molecule has 0 radical (unpaired) electrons. The fourth-order valence-electron chi connectivity index (χ4n) is 3.04. The molecule has 1 aliphatic heterocycles. The highest BCUT2D eigenvalue weighted by Crippen LogP contribution is 2.35. The van der Waals surface area contributed by atoms with Crippen molar-refractivity contribution in [2.75, 3.05) is 6.79 Å². The quantitative estimate of drug-likeness (QED) is 0.500. The Morgan fingerprint density at radius 2 is 2.00 bits per heavy atom. The van der Waals surface area contributed by atoms with Gasteiger partial charge in [-0.1, -0.05) is 23.2 Å². The Morgan fingerprint density at radius 1 is 1.14 bits per heavy atom. The molecule has 1 aliphatic rings. The number of hydrogen-bond donors (Lipinski definition) is 2. The molecule has 0 atom stereocenters. The molecule has 8 nitrogen and oxygen atoms in total. The summed E-state index contributed by atoms with van der Waals surface area (Å²) in [7, 11) is 0. The number of hydrogen-bond acceptors (Lipinski definition) is 6. The average Bonchev–Trinajstić information content (AvgIpc) is 3.33. The maximum Gasteiger partial charge on any atom is 0.231 e. The van der Waals surface area contributed by atoms with Crippen LogP contribution in [-0.2, 0) is 6.54 Å². The van der Waals surface area contributed by atoms with Crippen LogP contribution in [0.5, 0.6) is 11.5 Å². The smallest absolute Gasteiger partial charge is 0.231 e. The largest absolute Gasteiger partial charge is 0.454 e. The number of aromatic nitrogens is 5. The SMILES string of the molecule is N=c1ncn(Cc2c(Cl)ccnc2Cl)c2nc(-c3ccc4c(c3)OCO4)[nH]c12. The number of rotatable bonds is 3. The van der Waals surface area contributed by atoms with Gasteiger partial charge in [0.2, 0.25) is 6.79 Å². The van der Waals surface area contributed by atoms with Crippen molar-refractivity contribution >= 4 is 34.4 Å². The van der Waals surface area contributed by atoms with Crippen LogP contribution < -0.4 is 15.0 Å². The Morgan fingerprint density at radius 3 is 2.86 bits per heavy atom. The molecule has 3 aromatic heterocycles. The van der Waals surface area contributed by atoms with E-state index in [1.807, 2.05) is 18.2 Å². The van der Waals surface area contributed by atoms with Gasteiger partial charge >= 0.3 is 0 Å². The van der Waals surface area contributed by atoms with E-state index in [0.29, 0.717) is 50.8 Å². The van der Waals surface area contributed by atoms with Crippen molar-refractivity contribution in [3.63, 3.8) is 0 Å². The van der Waals surface area contributed by atoms with Gasteiger partial charge in [0.05, 0.1) is 17.9 Å². The van der Waals surface area contributed by atoms with Crippen LogP contribution in [-0.4, -0.2) is 31.3 Å². The van der Waals surface area contributed by atoms with Gasteiger partial charge in [0.25, 0.3) is 0 Å². The van der Waals surface area contributed by atoms with Crippen LogP contribution in [0.3, 0.4) is 0 Å². The zero-order chi connectivity index (χ0) is 19.3. The molecule has 4 aromatic rings. The standard InChI is InChI=1S/C18H12Cl2N6O2/c19-11-3-4-22-15(20)10(11)6-26-7-23-16(21)14-18(26)25-17(24-14)9-1-2-12-13(5-9)28-8-27-12/h1-5,7,21H,6,8H2,(H,24,25). The summed E-state index contributed by atoms with van der Waals surface area (Å²) in [5, 5.41) is 8.93. The van der Waals surface area contributed by atoms with Crippen molar-refractivity contribution in [3.8, 4) is 22.9 Å². The van der Waals surface area contributed by atoms with E-state index in [2.05, 4.69) is 19.9 Å². The number of benzene rings is 1. The summed E-state index contributed by atoms with van der Waals surface area (Å²) in [6.07, 6.45) is 3.08. The van der Waals surface area contributed by atoms with Crippen LogP contribution in [0.4, 0.5) is 0 Å². The maximum atomic E-state index is 8.12. The molecule has 0 bridgehead atoms. The summed E-state index contributed by atoms with van der Waals surface area (Å²) in [4.78, 5) is 16.0. The van der Waals surface area contributed by atoms with Crippen LogP contribution in [0, 0.1) is 5.41 Å². The Kier molecular flexibility index (Phi) is 3.96. The second-order valence-electron chi connectivity index (χ2n) is 6.14. The van der Waals surface area contributed by atoms with Crippen LogP contribution in [0.25, 0.3) is 22.6 Å². The molecule has 0 spiro atoms. The van der Waals surface area contributed by atoms with E-state index < -0.39 is 0 Å². The molecule has 10 heteroatoms. The summed E-state index contributed by atoms with van der Waals surface area (Å²) < 4.78 is 12.6. The number of aromatic amines is 1. The fourth-order valence-corrected chi connectivity index (χ4v) is 3.51. The van der Waals surface area contributed by atoms with Gasteiger partial charge in [-0.15, -0.1) is 0 Å². The first-order valence-electron chi connectivity index (χ1n) is 8.29. The first-order valence-corrected chi connectivity index (χ1v) is 9.04. The lowest BCUT2D eigenvalue weighted by Gasteiger charge is -2.09. The monoisotopic (exact) mass is 414 g/mol. The minimum Gasteiger partial charge on any atom is -0.454 e. The third kappa shape index (κ3) is 2.78. The molecule has 2 N–H and O–H groups in total. The number of nitrogens with zero attached hydrogens (tertiary/aromatic N) is 4. The van der Waals surface area contributed by atoms with Crippen molar-refractivity contribution in [2.45, 2.75) is 6.54 Å². The molecule has 4 heterocycles. The molecule has 0 saturated carbocycles. The van der Waals surface area contributed by atoms with Gasteiger partial charge in [0, 0.05) is 17.3 Å². The normalized spacial score (nSPS) is 12.6. The average molecular weight is 415 g/mol.